The summed E-state index contributed by atoms with van der Waals surface area (Å²) in [5.74, 6) is 0. The van der Waals surface area contributed by atoms with Gasteiger partial charge in [-0.15, -0.1) is 0 Å². The highest BCUT2D eigenvalue weighted by Gasteiger charge is 2.31. The van der Waals surface area contributed by atoms with Gasteiger partial charge >= 0.3 is 6.18 Å². The molecular formula is C10H7ClF3N3. The average molecular weight is 262 g/mol. The van der Waals surface area contributed by atoms with Gasteiger partial charge in [-0.1, -0.05) is 11.6 Å². The molecule has 0 N–H and O–H groups in total. The van der Waals surface area contributed by atoms with Gasteiger partial charge in [0, 0.05) is 13.2 Å². The molecule has 0 aromatic carbocycles. The van der Waals surface area contributed by atoms with Crippen molar-refractivity contribution in [2.24, 2.45) is 7.05 Å². The second-order valence-corrected chi connectivity index (χ2v) is 3.79. The molecule has 0 radical (unpaired) electrons. The minimum Gasteiger partial charge on any atom is -0.266 e. The quantitative estimate of drug-likeness (QED) is 0.738. The molecule has 2 aromatic rings. The van der Waals surface area contributed by atoms with Gasteiger partial charge in [0.25, 0.3) is 0 Å². The third-order valence-corrected chi connectivity index (χ3v) is 2.40. The van der Waals surface area contributed by atoms with Crippen molar-refractivity contribution in [1.29, 1.82) is 0 Å². The van der Waals surface area contributed by atoms with Gasteiger partial charge in [-0.3, -0.25) is 4.68 Å². The molecule has 0 saturated carbocycles. The fourth-order valence-corrected chi connectivity index (χ4v) is 1.63. The Hall–Kier alpha value is -1.56. The Balaban J connectivity index is 2.57. The van der Waals surface area contributed by atoms with Gasteiger partial charge in [0.1, 0.15) is 5.15 Å². The van der Waals surface area contributed by atoms with Crippen molar-refractivity contribution >= 4 is 11.6 Å². The summed E-state index contributed by atoms with van der Waals surface area (Å²) >= 11 is 5.58. The topological polar surface area (TPSA) is 30.7 Å². The number of pyridine rings is 1. The molecule has 0 aliphatic carbocycles. The molecule has 2 rings (SSSR count). The molecule has 0 bridgehead atoms. The van der Waals surface area contributed by atoms with Crippen LogP contribution in [0.4, 0.5) is 13.2 Å². The third-order valence-electron chi connectivity index (χ3n) is 2.20. The lowest BCUT2D eigenvalue weighted by atomic mass is 10.2. The zero-order chi connectivity index (χ0) is 12.6. The van der Waals surface area contributed by atoms with E-state index < -0.39 is 11.7 Å². The number of aryl methyl sites for hydroxylation is 1. The lowest BCUT2D eigenvalue weighted by molar-refractivity contribution is -0.137. The summed E-state index contributed by atoms with van der Waals surface area (Å²) in [6.07, 6.45) is -2.97. The van der Waals surface area contributed by atoms with Crippen LogP contribution in [0.3, 0.4) is 0 Å². The van der Waals surface area contributed by atoms with E-state index in [0.29, 0.717) is 5.69 Å². The number of rotatable bonds is 1. The molecular weight excluding hydrogens is 255 g/mol. The van der Waals surface area contributed by atoms with Gasteiger partial charge in [-0.25, -0.2) is 4.98 Å². The Morgan fingerprint density at radius 1 is 1.29 bits per heavy atom. The fraction of sp³-hybridized carbons (Fsp3) is 0.200. The highest BCUT2D eigenvalue weighted by molar-refractivity contribution is 6.29. The maximum absolute atomic E-state index is 12.6. The van der Waals surface area contributed by atoms with Crippen LogP contribution < -0.4 is 0 Å². The second-order valence-electron chi connectivity index (χ2n) is 3.40. The molecule has 90 valence electrons. The van der Waals surface area contributed by atoms with Crippen molar-refractivity contribution < 1.29 is 13.2 Å². The molecule has 0 unspecified atom stereocenters. The molecule has 0 aliphatic rings. The zero-order valence-electron chi connectivity index (χ0n) is 8.66. The predicted octanol–water partition coefficient (Wildman–Crippen LogP) is 3.15. The summed E-state index contributed by atoms with van der Waals surface area (Å²) in [5, 5.41) is 3.67. The molecule has 2 heterocycles. The zero-order valence-corrected chi connectivity index (χ0v) is 9.42. The van der Waals surface area contributed by atoms with Gasteiger partial charge in [0.15, 0.2) is 0 Å². The minimum atomic E-state index is -4.44. The molecule has 0 aliphatic heterocycles. The van der Waals surface area contributed by atoms with Crippen molar-refractivity contribution in [3.8, 4) is 11.4 Å². The Labute approximate surface area is 99.8 Å². The Kier molecular flexibility index (Phi) is 2.82. The van der Waals surface area contributed by atoms with Crippen LogP contribution in [0.5, 0.6) is 0 Å². The molecule has 0 atom stereocenters. The van der Waals surface area contributed by atoms with E-state index in [1.54, 1.807) is 13.1 Å². The van der Waals surface area contributed by atoms with E-state index in [1.807, 2.05) is 0 Å². The van der Waals surface area contributed by atoms with Gasteiger partial charge in [0.05, 0.1) is 17.0 Å². The maximum Gasteiger partial charge on any atom is 0.416 e. The lowest BCUT2D eigenvalue weighted by Crippen LogP contribution is -2.06. The smallest absolute Gasteiger partial charge is 0.266 e. The highest BCUT2D eigenvalue weighted by atomic mass is 35.5. The average Bonchev–Trinajstić information content (AvgIpc) is 2.62. The molecule has 17 heavy (non-hydrogen) atoms. The molecule has 0 spiro atoms. The van der Waals surface area contributed by atoms with E-state index in [1.165, 1.54) is 10.9 Å². The first-order valence-electron chi connectivity index (χ1n) is 4.61. The summed E-state index contributed by atoms with van der Waals surface area (Å²) in [6.45, 7) is 0. The summed E-state index contributed by atoms with van der Waals surface area (Å²) in [5.41, 5.74) is -0.212. The summed E-state index contributed by atoms with van der Waals surface area (Å²) in [6, 6.07) is 3.31. The lowest BCUT2D eigenvalue weighted by Gasteiger charge is -2.09. The van der Waals surface area contributed by atoms with Crippen molar-refractivity contribution in [3.05, 3.63) is 35.1 Å². The first-order valence-corrected chi connectivity index (χ1v) is 4.99. The standard InChI is InChI=1S/C10H7ClF3N3/c1-17-8(2-3-15-17)7-4-6(10(12,13)14)5-9(11)16-7/h2-5H,1H3. The summed E-state index contributed by atoms with van der Waals surface area (Å²) < 4.78 is 39.2. The van der Waals surface area contributed by atoms with Crippen LogP contribution in [-0.4, -0.2) is 14.8 Å². The normalized spacial score (nSPS) is 11.8. The summed E-state index contributed by atoms with van der Waals surface area (Å²) in [7, 11) is 1.62. The minimum absolute atomic E-state index is 0.143. The number of aromatic nitrogens is 3. The van der Waals surface area contributed by atoms with E-state index in [0.717, 1.165) is 12.1 Å². The molecule has 7 heteroatoms. The van der Waals surface area contributed by atoms with Crippen LogP contribution in [0.2, 0.25) is 5.15 Å². The third kappa shape index (κ3) is 2.41. The Morgan fingerprint density at radius 3 is 2.53 bits per heavy atom. The predicted molar refractivity (Wildman–Crippen MR) is 56.5 cm³/mol. The van der Waals surface area contributed by atoms with Gasteiger partial charge < -0.3 is 0 Å². The van der Waals surface area contributed by atoms with E-state index in [9.17, 15) is 13.2 Å². The van der Waals surface area contributed by atoms with E-state index in [2.05, 4.69) is 10.1 Å². The molecule has 3 nitrogen and oxygen atoms in total. The van der Waals surface area contributed by atoms with Gasteiger partial charge in [-0.05, 0) is 18.2 Å². The van der Waals surface area contributed by atoms with Crippen LogP contribution in [-0.2, 0) is 13.2 Å². The van der Waals surface area contributed by atoms with Crippen LogP contribution in [0.1, 0.15) is 5.56 Å². The van der Waals surface area contributed by atoms with Crippen molar-refractivity contribution in [2.75, 3.05) is 0 Å². The van der Waals surface area contributed by atoms with Crippen molar-refractivity contribution in [2.45, 2.75) is 6.18 Å². The SMILES string of the molecule is Cn1nccc1-c1cc(C(F)(F)F)cc(Cl)n1. The monoisotopic (exact) mass is 261 g/mol. The van der Waals surface area contributed by atoms with Gasteiger partial charge in [-0.2, -0.15) is 18.3 Å². The Bertz CT molecular complexity index is 548. The number of alkyl halides is 3. The number of hydrogen-bond donors (Lipinski definition) is 0. The van der Waals surface area contributed by atoms with Crippen LogP contribution in [0.15, 0.2) is 24.4 Å². The molecule has 2 aromatic heterocycles. The van der Waals surface area contributed by atoms with E-state index in [-0.39, 0.29) is 10.8 Å². The first kappa shape index (κ1) is 11.9. The van der Waals surface area contributed by atoms with E-state index in [4.69, 9.17) is 11.6 Å². The highest BCUT2D eigenvalue weighted by Crippen LogP contribution is 2.32. The number of nitrogens with zero attached hydrogens (tertiary/aromatic N) is 3. The largest absolute Gasteiger partial charge is 0.416 e. The van der Waals surface area contributed by atoms with Crippen LogP contribution in [0, 0.1) is 0 Å². The van der Waals surface area contributed by atoms with Crippen molar-refractivity contribution in [1.82, 2.24) is 14.8 Å². The van der Waals surface area contributed by atoms with E-state index >= 15 is 0 Å². The second kappa shape index (κ2) is 4.03. The molecule has 0 saturated heterocycles. The number of hydrogen-bond acceptors (Lipinski definition) is 2. The first-order chi connectivity index (χ1) is 7.88. The molecule has 0 amide bonds. The van der Waals surface area contributed by atoms with Crippen LogP contribution >= 0.6 is 11.6 Å². The Morgan fingerprint density at radius 2 is 2.00 bits per heavy atom. The molecule has 0 fully saturated rings. The van der Waals surface area contributed by atoms with Gasteiger partial charge in [0.2, 0.25) is 0 Å². The number of halogens is 4. The maximum atomic E-state index is 12.6. The summed E-state index contributed by atoms with van der Waals surface area (Å²) in [4.78, 5) is 3.86. The fourth-order valence-electron chi connectivity index (χ4n) is 1.42. The van der Waals surface area contributed by atoms with Crippen molar-refractivity contribution in [3.63, 3.8) is 0 Å². The van der Waals surface area contributed by atoms with Crippen LogP contribution in [0.25, 0.3) is 11.4 Å².